The van der Waals surface area contributed by atoms with Crippen LogP contribution in [0.25, 0.3) is 10.9 Å². The van der Waals surface area contributed by atoms with Crippen LogP contribution in [-0.4, -0.2) is 83.2 Å². The number of aromatic nitrogens is 1. The highest BCUT2D eigenvalue weighted by Gasteiger charge is 2.31. The van der Waals surface area contributed by atoms with Gasteiger partial charge >= 0.3 is 6.09 Å². The molecule has 1 aliphatic rings. The fourth-order valence-corrected chi connectivity index (χ4v) is 4.45. The second kappa shape index (κ2) is 14.3. The molecule has 4 rings (SSSR count). The number of benzene rings is 2. The molecule has 3 aromatic rings. The van der Waals surface area contributed by atoms with Crippen LogP contribution in [0.2, 0.25) is 0 Å². The number of rotatable bonds is 11. The zero-order valence-corrected chi connectivity index (χ0v) is 22.8. The molecule has 0 bridgehead atoms. The maximum absolute atomic E-state index is 13.5. The van der Waals surface area contributed by atoms with Crippen LogP contribution >= 0.6 is 0 Å². The van der Waals surface area contributed by atoms with Crippen LogP contribution in [0.4, 0.5) is 4.79 Å². The van der Waals surface area contributed by atoms with Crippen molar-refractivity contribution in [3.05, 3.63) is 71.9 Å². The van der Waals surface area contributed by atoms with Gasteiger partial charge in [-0.3, -0.25) is 9.59 Å². The Hall–Kier alpha value is -4.18. The highest BCUT2D eigenvalue weighted by atomic mass is 16.6. The summed E-state index contributed by atoms with van der Waals surface area (Å²) in [4.78, 5) is 46.6. The zero-order chi connectivity index (χ0) is 28.3. The molecule has 10 heteroatoms. The molecule has 1 atom stereocenters. The summed E-state index contributed by atoms with van der Waals surface area (Å²) >= 11 is 0. The fourth-order valence-electron chi connectivity index (χ4n) is 4.45. The van der Waals surface area contributed by atoms with Gasteiger partial charge in [0, 0.05) is 44.2 Å². The van der Waals surface area contributed by atoms with Gasteiger partial charge in [-0.15, -0.1) is 0 Å². The first kappa shape index (κ1) is 28.8. The summed E-state index contributed by atoms with van der Waals surface area (Å²) in [5, 5.41) is 13.7. The Labute approximate surface area is 233 Å². The van der Waals surface area contributed by atoms with Gasteiger partial charge < -0.3 is 29.7 Å². The van der Waals surface area contributed by atoms with Crippen LogP contribution in [0.15, 0.2) is 60.7 Å². The number of pyridine rings is 1. The van der Waals surface area contributed by atoms with E-state index in [1.807, 2.05) is 37.3 Å². The molecule has 2 N–H and O–H groups in total. The molecule has 10 nitrogen and oxygen atoms in total. The minimum absolute atomic E-state index is 0.0128. The summed E-state index contributed by atoms with van der Waals surface area (Å²) < 4.78 is 11.1. The minimum atomic E-state index is -0.873. The van der Waals surface area contributed by atoms with Crippen molar-refractivity contribution in [3.63, 3.8) is 0 Å². The third-order valence-electron chi connectivity index (χ3n) is 6.77. The van der Waals surface area contributed by atoms with E-state index in [0.29, 0.717) is 50.3 Å². The first-order valence-corrected chi connectivity index (χ1v) is 13.7. The Balaban J connectivity index is 1.40. The number of unbranched alkanes of at least 4 members (excludes halogenated alkanes) is 1. The van der Waals surface area contributed by atoms with Gasteiger partial charge in [-0.25, -0.2) is 9.78 Å². The van der Waals surface area contributed by atoms with Crippen LogP contribution in [0.3, 0.4) is 0 Å². The number of nitrogens with one attached hydrogen (secondary N) is 1. The van der Waals surface area contributed by atoms with Gasteiger partial charge in [0.05, 0.1) is 18.7 Å². The van der Waals surface area contributed by atoms with Crippen molar-refractivity contribution >= 4 is 28.8 Å². The Kier molecular flexibility index (Phi) is 10.3. The van der Waals surface area contributed by atoms with Gasteiger partial charge in [-0.05, 0) is 30.5 Å². The normalized spacial score (nSPS) is 14.1. The number of hydrogen-bond acceptors (Lipinski definition) is 7. The SMILES string of the molecule is CCCCOC(=O)N1CCN(C(=O)[C@H](CCOCc2ccccc2)NC(=O)c2cc(O)c3ccccc3n2)CC1. The predicted molar refractivity (Wildman–Crippen MR) is 150 cm³/mol. The maximum Gasteiger partial charge on any atom is 0.409 e. The van der Waals surface area contributed by atoms with E-state index in [4.69, 9.17) is 9.47 Å². The van der Waals surface area contributed by atoms with E-state index in [2.05, 4.69) is 10.3 Å². The summed E-state index contributed by atoms with van der Waals surface area (Å²) in [6.07, 6.45) is 1.62. The predicted octanol–water partition coefficient (Wildman–Crippen LogP) is 3.73. The Bertz CT molecular complexity index is 1290. The number of para-hydroxylation sites is 1. The summed E-state index contributed by atoms with van der Waals surface area (Å²) in [6.45, 7) is 4.38. The molecule has 0 unspecified atom stereocenters. The molecule has 2 aromatic carbocycles. The monoisotopic (exact) mass is 548 g/mol. The third kappa shape index (κ3) is 7.69. The van der Waals surface area contributed by atoms with Crippen molar-refractivity contribution in [2.75, 3.05) is 39.4 Å². The van der Waals surface area contributed by atoms with E-state index >= 15 is 0 Å². The number of nitrogens with zero attached hydrogens (tertiary/aromatic N) is 3. The molecule has 212 valence electrons. The minimum Gasteiger partial charge on any atom is -0.507 e. The van der Waals surface area contributed by atoms with E-state index in [9.17, 15) is 19.5 Å². The second-order valence-corrected chi connectivity index (χ2v) is 9.68. The number of piperazine rings is 1. The fraction of sp³-hybridized carbons (Fsp3) is 0.400. The Morgan fingerprint density at radius 2 is 1.68 bits per heavy atom. The van der Waals surface area contributed by atoms with Gasteiger partial charge in [0.1, 0.15) is 17.5 Å². The molecular weight excluding hydrogens is 512 g/mol. The molecule has 1 saturated heterocycles. The van der Waals surface area contributed by atoms with Crippen LogP contribution in [-0.2, 0) is 20.9 Å². The first-order valence-electron chi connectivity index (χ1n) is 13.7. The number of amides is 3. The van der Waals surface area contributed by atoms with Crippen molar-refractivity contribution in [1.82, 2.24) is 20.1 Å². The lowest BCUT2D eigenvalue weighted by atomic mass is 10.1. The molecule has 1 fully saturated rings. The summed E-state index contributed by atoms with van der Waals surface area (Å²) in [5.41, 5.74) is 1.50. The molecule has 2 heterocycles. The smallest absolute Gasteiger partial charge is 0.409 e. The average Bonchev–Trinajstić information content (AvgIpc) is 2.99. The van der Waals surface area contributed by atoms with E-state index in [-0.39, 0.29) is 36.5 Å². The number of carbonyl (C=O) groups is 3. The van der Waals surface area contributed by atoms with Gasteiger partial charge in [0.15, 0.2) is 0 Å². The summed E-state index contributed by atoms with van der Waals surface area (Å²) in [5.74, 6) is -0.895. The maximum atomic E-state index is 13.5. The summed E-state index contributed by atoms with van der Waals surface area (Å²) in [7, 11) is 0. The Morgan fingerprint density at radius 1 is 0.975 bits per heavy atom. The molecule has 1 aromatic heterocycles. The second-order valence-electron chi connectivity index (χ2n) is 9.68. The van der Waals surface area contributed by atoms with Crippen LogP contribution in [0.5, 0.6) is 5.75 Å². The number of aromatic hydroxyl groups is 1. The first-order chi connectivity index (χ1) is 19.5. The molecule has 3 amide bonds. The molecule has 1 aliphatic heterocycles. The molecular formula is C30H36N4O6. The largest absolute Gasteiger partial charge is 0.507 e. The highest BCUT2D eigenvalue weighted by molar-refractivity contribution is 5.99. The lowest BCUT2D eigenvalue weighted by Gasteiger charge is -2.36. The molecule has 0 saturated carbocycles. The Morgan fingerprint density at radius 3 is 2.42 bits per heavy atom. The molecule has 0 aliphatic carbocycles. The quantitative estimate of drug-likeness (QED) is 0.350. The zero-order valence-electron chi connectivity index (χ0n) is 22.8. The van der Waals surface area contributed by atoms with Gasteiger partial charge in [-0.2, -0.15) is 0 Å². The molecule has 0 spiro atoms. The summed E-state index contributed by atoms with van der Waals surface area (Å²) in [6, 6.07) is 17.1. The van der Waals surface area contributed by atoms with Gasteiger partial charge in [0.25, 0.3) is 5.91 Å². The van der Waals surface area contributed by atoms with Crippen molar-refractivity contribution < 1.29 is 29.0 Å². The van der Waals surface area contributed by atoms with Crippen molar-refractivity contribution in [2.45, 2.75) is 38.8 Å². The molecule has 0 radical (unpaired) electrons. The van der Waals surface area contributed by atoms with Crippen LogP contribution in [0.1, 0.15) is 42.2 Å². The highest BCUT2D eigenvalue weighted by Crippen LogP contribution is 2.24. The average molecular weight is 549 g/mol. The van der Waals surface area contributed by atoms with Crippen LogP contribution < -0.4 is 5.32 Å². The third-order valence-corrected chi connectivity index (χ3v) is 6.77. The topological polar surface area (TPSA) is 121 Å². The van der Waals surface area contributed by atoms with Gasteiger partial charge in [-0.1, -0.05) is 55.8 Å². The standard InChI is InChI=1S/C30H36N4O6/c1-2-3-18-40-30(38)34-16-14-33(15-17-34)29(37)25(13-19-39-21-22-9-5-4-6-10-22)32-28(36)26-20-27(35)23-11-7-8-12-24(23)31-26/h4-12,20,25H,2-3,13-19,21H2,1H3,(H,31,35)(H,32,36)/t25-/m0/s1. The molecule has 40 heavy (non-hydrogen) atoms. The van der Waals surface area contributed by atoms with E-state index < -0.39 is 11.9 Å². The van der Waals surface area contributed by atoms with E-state index in [1.54, 1.807) is 34.1 Å². The van der Waals surface area contributed by atoms with Crippen molar-refractivity contribution in [3.8, 4) is 5.75 Å². The van der Waals surface area contributed by atoms with Crippen molar-refractivity contribution in [2.24, 2.45) is 0 Å². The number of hydrogen-bond donors (Lipinski definition) is 2. The lowest BCUT2D eigenvalue weighted by Crippen LogP contribution is -2.56. The van der Waals surface area contributed by atoms with E-state index in [0.717, 1.165) is 18.4 Å². The van der Waals surface area contributed by atoms with Crippen LogP contribution in [0, 0.1) is 0 Å². The number of carbonyl (C=O) groups excluding carboxylic acids is 3. The van der Waals surface area contributed by atoms with Crippen molar-refractivity contribution in [1.29, 1.82) is 0 Å². The van der Waals surface area contributed by atoms with E-state index in [1.165, 1.54) is 6.07 Å². The number of fused-ring (bicyclic) bond motifs is 1. The van der Waals surface area contributed by atoms with Gasteiger partial charge in [0.2, 0.25) is 5.91 Å². The number of ether oxygens (including phenoxy) is 2. The lowest BCUT2D eigenvalue weighted by molar-refractivity contribution is -0.135.